The molecule has 3 heteroatoms. The number of carbonyl (C=O) groups excluding carboxylic acids is 2. The number of rotatable bonds is 3. The molecule has 0 aromatic heterocycles. The molecule has 10 heavy (non-hydrogen) atoms. The van der Waals surface area contributed by atoms with E-state index in [1.807, 2.05) is 0 Å². The molecule has 0 aliphatic carbocycles. The van der Waals surface area contributed by atoms with Gasteiger partial charge >= 0.3 is 5.97 Å². The van der Waals surface area contributed by atoms with Gasteiger partial charge < -0.3 is 9.53 Å². The number of aldehydes is 1. The minimum absolute atomic E-state index is 0.144. The zero-order valence-electron chi connectivity index (χ0n) is 6.46. The first-order chi connectivity index (χ1) is 4.57. The van der Waals surface area contributed by atoms with Gasteiger partial charge in [-0.1, -0.05) is 0 Å². The fourth-order valence-corrected chi connectivity index (χ4v) is 0.395. The summed E-state index contributed by atoms with van der Waals surface area (Å²) in [6.45, 7) is 5.00. The van der Waals surface area contributed by atoms with Crippen LogP contribution in [0.15, 0.2) is 0 Å². The van der Waals surface area contributed by atoms with Crippen LogP contribution in [0, 0.1) is 5.92 Å². The first kappa shape index (κ1) is 9.14. The van der Waals surface area contributed by atoms with Gasteiger partial charge in [0.05, 0.1) is 6.10 Å². The van der Waals surface area contributed by atoms with E-state index in [-0.39, 0.29) is 6.10 Å². The van der Waals surface area contributed by atoms with Gasteiger partial charge in [-0.15, -0.1) is 0 Å². The molecule has 1 atom stereocenters. The Morgan fingerprint density at radius 3 is 2.20 bits per heavy atom. The van der Waals surface area contributed by atoms with Crippen LogP contribution in [-0.2, 0) is 14.3 Å². The van der Waals surface area contributed by atoms with E-state index in [0.717, 1.165) is 0 Å². The van der Waals surface area contributed by atoms with Crippen LogP contribution < -0.4 is 0 Å². The standard InChI is InChI=1S/C7H12O3/c1-5(2)10-7(9)6(3)4-8/h4-6H,1-3H3/t6-/m0/s1. The van der Waals surface area contributed by atoms with Crippen molar-refractivity contribution in [3.05, 3.63) is 0 Å². The van der Waals surface area contributed by atoms with Gasteiger partial charge in [0.1, 0.15) is 12.2 Å². The van der Waals surface area contributed by atoms with E-state index in [2.05, 4.69) is 0 Å². The Morgan fingerprint density at radius 2 is 1.90 bits per heavy atom. The maximum absolute atomic E-state index is 10.7. The fourth-order valence-electron chi connectivity index (χ4n) is 0.395. The molecule has 0 saturated heterocycles. The zero-order valence-corrected chi connectivity index (χ0v) is 6.46. The van der Waals surface area contributed by atoms with E-state index >= 15 is 0 Å². The van der Waals surface area contributed by atoms with Gasteiger partial charge in [0, 0.05) is 0 Å². The molecule has 0 bridgehead atoms. The average molecular weight is 144 g/mol. The predicted octanol–water partition coefficient (Wildman–Crippen LogP) is 0.773. The maximum atomic E-state index is 10.7. The monoisotopic (exact) mass is 144 g/mol. The van der Waals surface area contributed by atoms with Crippen molar-refractivity contribution in [1.82, 2.24) is 0 Å². The van der Waals surface area contributed by atoms with E-state index < -0.39 is 11.9 Å². The molecule has 0 aromatic carbocycles. The minimum Gasteiger partial charge on any atom is -0.462 e. The van der Waals surface area contributed by atoms with Crippen molar-refractivity contribution in [3.8, 4) is 0 Å². The summed E-state index contributed by atoms with van der Waals surface area (Å²) < 4.78 is 4.73. The molecule has 0 aliphatic rings. The highest BCUT2D eigenvalue weighted by Gasteiger charge is 2.13. The number of hydrogen-bond donors (Lipinski definition) is 0. The van der Waals surface area contributed by atoms with Gasteiger partial charge in [-0.25, -0.2) is 0 Å². The Labute approximate surface area is 60.4 Å². The van der Waals surface area contributed by atoms with E-state index in [1.165, 1.54) is 6.92 Å². The molecule has 0 heterocycles. The summed E-state index contributed by atoms with van der Waals surface area (Å²) in [6.07, 6.45) is 0.431. The van der Waals surface area contributed by atoms with Crippen molar-refractivity contribution >= 4 is 12.3 Å². The quantitative estimate of drug-likeness (QED) is 0.334. The van der Waals surface area contributed by atoms with Crippen molar-refractivity contribution in [1.29, 1.82) is 0 Å². The highest BCUT2D eigenvalue weighted by Crippen LogP contribution is 1.97. The van der Waals surface area contributed by atoms with Crippen LogP contribution in [0.25, 0.3) is 0 Å². The highest BCUT2D eigenvalue weighted by atomic mass is 16.5. The molecule has 0 N–H and O–H groups in total. The molecule has 0 spiro atoms. The van der Waals surface area contributed by atoms with Crippen molar-refractivity contribution in [2.45, 2.75) is 26.9 Å². The molecule has 0 unspecified atom stereocenters. The molecule has 0 rings (SSSR count). The molecule has 0 saturated carbocycles. The Morgan fingerprint density at radius 1 is 1.40 bits per heavy atom. The average Bonchev–Trinajstić information content (AvgIpc) is 1.85. The largest absolute Gasteiger partial charge is 0.462 e. The molecule has 0 radical (unpaired) electrons. The molecule has 0 aromatic rings. The Hall–Kier alpha value is -0.860. The summed E-state index contributed by atoms with van der Waals surface area (Å²) >= 11 is 0. The van der Waals surface area contributed by atoms with Gasteiger partial charge in [0.15, 0.2) is 0 Å². The van der Waals surface area contributed by atoms with Crippen molar-refractivity contribution in [3.63, 3.8) is 0 Å². The van der Waals surface area contributed by atoms with Gasteiger partial charge in [-0.2, -0.15) is 0 Å². The third kappa shape index (κ3) is 3.22. The van der Waals surface area contributed by atoms with Crippen molar-refractivity contribution in [2.75, 3.05) is 0 Å². The van der Waals surface area contributed by atoms with Crippen LogP contribution in [0.2, 0.25) is 0 Å². The second kappa shape index (κ2) is 4.04. The second-order valence-electron chi connectivity index (χ2n) is 2.41. The number of ether oxygens (including phenoxy) is 1. The Kier molecular flexibility index (Phi) is 3.69. The summed E-state index contributed by atoms with van der Waals surface area (Å²) in [6, 6.07) is 0. The van der Waals surface area contributed by atoms with Crippen LogP contribution in [0.4, 0.5) is 0 Å². The molecule has 0 fully saturated rings. The lowest BCUT2D eigenvalue weighted by molar-refractivity contribution is -0.152. The van der Waals surface area contributed by atoms with Crippen LogP contribution >= 0.6 is 0 Å². The van der Waals surface area contributed by atoms with Crippen molar-refractivity contribution < 1.29 is 14.3 Å². The summed E-state index contributed by atoms with van der Waals surface area (Å²) in [5.41, 5.74) is 0. The maximum Gasteiger partial charge on any atom is 0.316 e. The third-order valence-corrected chi connectivity index (χ3v) is 0.928. The van der Waals surface area contributed by atoms with Gasteiger partial charge in [-0.05, 0) is 20.8 Å². The van der Waals surface area contributed by atoms with Crippen molar-refractivity contribution in [2.24, 2.45) is 5.92 Å². The molecular formula is C7H12O3. The second-order valence-corrected chi connectivity index (χ2v) is 2.41. The first-order valence-electron chi connectivity index (χ1n) is 3.23. The normalized spacial score (nSPS) is 12.8. The van der Waals surface area contributed by atoms with E-state index in [0.29, 0.717) is 6.29 Å². The Balaban J connectivity index is 3.73. The topological polar surface area (TPSA) is 43.4 Å². The Bertz CT molecular complexity index is 129. The summed E-state index contributed by atoms with van der Waals surface area (Å²) in [7, 11) is 0. The number of esters is 1. The van der Waals surface area contributed by atoms with E-state index in [4.69, 9.17) is 4.74 Å². The summed E-state index contributed by atoms with van der Waals surface area (Å²) in [4.78, 5) is 20.8. The van der Waals surface area contributed by atoms with Crippen LogP contribution in [-0.4, -0.2) is 18.4 Å². The van der Waals surface area contributed by atoms with Crippen LogP contribution in [0.3, 0.4) is 0 Å². The minimum atomic E-state index is -0.637. The molecular weight excluding hydrogens is 132 g/mol. The fraction of sp³-hybridized carbons (Fsp3) is 0.714. The zero-order chi connectivity index (χ0) is 8.15. The smallest absolute Gasteiger partial charge is 0.316 e. The number of carbonyl (C=O) groups is 2. The van der Waals surface area contributed by atoms with Gasteiger partial charge in [0.25, 0.3) is 0 Å². The highest BCUT2D eigenvalue weighted by molar-refractivity contribution is 5.87. The van der Waals surface area contributed by atoms with Gasteiger partial charge in [0.2, 0.25) is 0 Å². The lowest BCUT2D eigenvalue weighted by Gasteiger charge is -2.08. The van der Waals surface area contributed by atoms with Gasteiger partial charge in [-0.3, -0.25) is 4.79 Å². The molecule has 3 nitrogen and oxygen atoms in total. The van der Waals surface area contributed by atoms with E-state index in [9.17, 15) is 9.59 Å². The lowest BCUT2D eigenvalue weighted by Crippen LogP contribution is -2.19. The van der Waals surface area contributed by atoms with E-state index in [1.54, 1.807) is 13.8 Å². The molecule has 58 valence electrons. The third-order valence-electron chi connectivity index (χ3n) is 0.928. The summed E-state index contributed by atoms with van der Waals surface area (Å²) in [5, 5.41) is 0. The molecule has 0 amide bonds. The lowest BCUT2D eigenvalue weighted by atomic mass is 10.2. The summed E-state index contributed by atoms with van der Waals surface area (Å²) in [5.74, 6) is -1.09. The van der Waals surface area contributed by atoms with Crippen LogP contribution in [0.1, 0.15) is 20.8 Å². The van der Waals surface area contributed by atoms with Crippen LogP contribution in [0.5, 0.6) is 0 Å². The number of hydrogen-bond acceptors (Lipinski definition) is 3. The molecule has 0 aliphatic heterocycles. The predicted molar refractivity (Wildman–Crippen MR) is 36.5 cm³/mol. The first-order valence-corrected chi connectivity index (χ1v) is 3.23. The SMILES string of the molecule is CC(C)OC(=O)[C@@H](C)C=O.